The molecule has 1 unspecified atom stereocenters. The lowest BCUT2D eigenvalue weighted by Crippen LogP contribution is -1.88. The molecule has 0 aromatic carbocycles. The number of pyridine rings is 1. The summed E-state index contributed by atoms with van der Waals surface area (Å²) in [5.41, 5.74) is 1.58. The summed E-state index contributed by atoms with van der Waals surface area (Å²) in [7, 11) is 0. The van der Waals surface area contributed by atoms with Gasteiger partial charge in [0.1, 0.15) is 5.69 Å². The molecule has 0 aliphatic rings. The van der Waals surface area contributed by atoms with Crippen molar-refractivity contribution in [3.05, 3.63) is 29.7 Å². The summed E-state index contributed by atoms with van der Waals surface area (Å²) >= 11 is 5.83. The molecule has 0 saturated carbocycles. The van der Waals surface area contributed by atoms with Crippen LogP contribution in [0.3, 0.4) is 0 Å². The normalized spacial score (nSPS) is 12.7. The molecule has 0 N–H and O–H groups in total. The van der Waals surface area contributed by atoms with Crippen molar-refractivity contribution in [2.45, 2.75) is 19.2 Å². The highest BCUT2D eigenvalue weighted by Gasteiger charge is 2.13. The summed E-state index contributed by atoms with van der Waals surface area (Å²) in [5.74, 6) is 0.885. The molecule has 2 rings (SSSR count). The Kier molecular flexibility index (Phi) is 2.68. The highest BCUT2D eigenvalue weighted by molar-refractivity contribution is 6.20. The van der Waals surface area contributed by atoms with Gasteiger partial charge in [0.2, 0.25) is 0 Å². The minimum atomic E-state index is -0.257. The van der Waals surface area contributed by atoms with Crippen molar-refractivity contribution in [2.75, 3.05) is 0 Å². The first-order valence-corrected chi connectivity index (χ1v) is 5.02. The third-order valence-electron chi connectivity index (χ3n) is 1.90. The molecule has 0 radical (unpaired) electrons. The Balaban J connectivity index is 2.37. The predicted molar refractivity (Wildman–Crippen MR) is 56.5 cm³/mol. The van der Waals surface area contributed by atoms with Gasteiger partial charge in [-0.2, -0.15) is 4.98 Å². The number of aryl methyl sites for hydroxylation is 1. The van der Waals surface area contributed by atoms with Gasteiger partial charge in [-0.25, -0.2) is 4.98 Å². The van der Waals surface area contributed by atoms with E-state index in [1.807, 2.05) is 25.1 Å². The molecule has 0 aliphatic heterocycles. The van der Waals surface area contributed by atoms with Crippen LogP contribution in [0.4, 0.5) is 0 Å². The standard InChI is InChI=1S/C10H10ClN3O/c1-6-4-3-5-8(12-6)10-13-9(7(2)11)14-15-10/h3-5,7H,1-2H3. The van der Waals surface area contributed by atoms with E-state index in [-0.39, 0.29) is 5.38 Å². The molecule has 0 spiro atoms. The molecule has 78 valence electrons. The fourth-order valence-corrected chi connectivity index (χ4v) is 1.25. The van der Waals surface area contributed by atoms with Crippen molar-refractivity contribution in [2.24, 2.45) is 0 Å². The molecule has 0 aliphatic carbocycles. The van der Waals surface area contributed by atoms with E-state index in [1.54, 1.807) is 6.92 Å². The molecule has 2 aromatic heterocycles. The molecule has 0 bridgehead atoms. The zero-order chi connectivity index (χ0) is 10.8. The minimum absolute atomic E-state index is 0.257. The lowest BCUT2D eigenvalue weighted by molar-refractivity contribution is 0.421. The van der Waals surface area contributed by atoms with Crippen LogP contribution < -0.4 is 0 Å². The largest absolute Gasteiger partial charge is 0.332 e. The molecule has 0 fully saturated rings. The molecule has 15 heavy (non-hydrogen) atoms. The first-order chi connectivity index (χ1) is 7.16. The van der Waals surface area contributed by atoms with Gasteiger partial charge in [0, 0.05) is 5.69 Å². The number of halogens is 1. The van der Waals surface area contributed by atoms with Crippen molar-refractivity contribution in [1.82, 2.24) is 15.1 Å². The van der Waals surface area contributed by atoms with E-state index in [0.717, 1.165) is 5.69 Å². The second-order valence-corrected chi connectivity index (χ2v) is 3.89. The van der Waals surface area contributed by atoms with Gasteiger partial charge in [-0.15, -0.1) is 11.6 Å². The molecule has 0 amide bonds. The van der Waals surface area contributed by atoms with Crippen LogP contribution in [0, 0.1) is 6.92 Å². The Labute approximate surface area is 92.3 Å². The van der Waals surface area contributed by atoms with Crippen molar-refractivity contribution < 1.29 is 4.52 Å². The Morgan fingerprint density at radius 1 is 1.33 bits per heavy atom. The number of alkyl halides is 1. The molecule has 2 heterocycles. The van der Waals surface area contributed by atoms with Crippen LogP contribution in [-0.4, -0.2) is 15.1 Å². The SMILES string of the molecule is Cc1cccc(-c2nc(C(C)Cl)no2)n1. The van der Waals surface area contributed by atoms with E-state index in [2.05, 4.69) is 15.1 Å². The lowest BCUT2D eigenvalue weighted by Gasteiger charge is -1.94. The fraction of sp³-hybridized carbons (Fsp3) is 0.300. The Morgan fingerprint density at radius 2 is 2.13 bits per heavy atom. The molecule has 2 aromatic rings. The van der Waals surface area contributed by atoms with Crippen LogP contribution in [0.2, 0.25) is 0 Å². The van der Waals surface area contributed by atoms with Crippen LogP contribution in [0.25, 0.3) is 11.6 Å². The van der Waals surface area contributed by atoms with Gasteiger partial charge >= 0.3 is 0 Å². The van der Waals surface area contributed by atoms with Gasteiger partial charge in [0.05, 0.1) is 5.38 Å². The van der Waals surface area contributed by atoms with Crippen molar-refractivity contribution in [3.8, 4) is 11.6 Å². The smallest absolute Gasteiger partial charge is 0.276 e. The third-order valence-corrected chi connectivity index (χ3v) is 2.10. The van der Waals surface area contributed by atoms with E-state index in [0.29, 0.717) is 17.4 Å². The van der Waals surface area contributed by atoms with Gasteiger partial charge in [0.15, 0.2) is 5.82 Å². The van der Waals surface area contributed by atoms with E-state index in [1.165, 1.54) is 0 Å². The maximum absolute atomic E-state index is 5.83. The van der Waals surface area contributed by atoms with Crippen LogP contribution in [0.1, 0.15) is 23.8 Å². The Morgan fingerprint density at radius 3 is 2.73 bits per heavy atom. The average molecular weight is 224 g/mol. The number of hydrogen-bond acceptors (Lipinski definition) is 4. The van der Waals surface area contributed by atoms with E-state index in [9.17, 15) is 0 Å². The third kappa shape index (κ3) is 2.15. The average Bonchev–Trinajstić information content (AvgIpc) is 2.66. The van der Waals surface area contributed by atoms with Crippen LogP contribution >= 0.6 is 11.6 Å². The van der Waals surface area contributed by atoms with Crippen molar-refractivity contribution >= 4 is 11.6 Å². The lowest BCUT2D eigenvalue weighted by atomic mass is 10.3. The van der Waals surface area contributed by atoms with Crippen molar-refractivity contribution in [1.29, 1.82) is 0 Å². The van der Waals surface area contributed by atoms with Crippen LogP contribution in [-0.2, 0) is 0 Å². The molecular formula is C10H10ClN3O. The maximum atomic E-state index is 5.83. The monoisotopic (exact) mass is 223 g/mol. The predicted octanol–water partition coefficient (Wildman–Crippen LogP) is 2.74. The van der Waals surface area contributed by atoms with Gasteiger partial charge < -0.3 is 4.52 Å². The Bertz CT molecular complexity index is 467. The van der Waals surface area contributed by atoms with E-state index < -0.39 is 0 Å². The summed E-state index contributed by atoms with van der Waals surface area (Å²) in [5, 5.41) is 3.51. The molecule has 1 atom stereocenters. The zero-order valence-corrected chi connectivity index (χ0v) is 9.19. The zero-order valence-electron chi connectivity index (χ0n) is 8.44. The van der Waals surface area contributed by atoms with Gasteiger partial charge in [0.25, 0.3) is 5.89 Å². The summed E-state index contributed by atoms with van der Waals surface area (Å²) in [6.07, 6.45) is 0. The van der Waals surface area contributed by atoms with E-state index in [4.69, 9.17) is 16.1 Å². The van der Waals surface area contributed by atoms with E-state index >= 15 is 0 Å². The topological polar surface area (TPSA) is 51.8 Å². The van der Waals surface area contributed by atoms with Gasteiger partial charge in [-0.05, 0) is 26.0 Å². The first-order valence-electron chi connectivity index (χ1n) is 4.58. The second-order valence-electron chi connectivity index (χ2n) is 3.24. The first kappa shape index (κ1) is 10.1. The maximum Gasteiger partial charge on any atom is 0.276 e. The van der Waals surface area contributed by atoms with Gasteiger partial charge in [-0.3, -0.25) is 0 Å². The van der Waals surface area contributed by atoms with Crippen LogP contribution in [0.5, 0.6) is 0 Å². The summed E-state index contributed by atoms with van der Waals surface area (Å²) in [6, 6.07) is 5.62. The second kappa shape index (κ2) is 3.98. The number of rotatable bonds is 2. The quantitative estimate of drug-likeness (QED) is 0.735. The van der Waals surface area contributed by atoms with Gasteiger partial charge in [-0.1, -0.05) is 11.2 Å². The molecule has 0 saturated heterocycles. The highest BCUT2D eigenvalue weighted by Crippen LogP contribution is 2.20. The molecular weight excluding hydrogens is 214 g/mol. The van der Waals surface area contributed by atoms with Crippen molar-refractivity contribution in [3.63, 3.8) is 0 Å². The summed E-state index contributed by atoms with van der Waals surface area (Å²) in [6.45, 7) is 3.70. The molecule has 4 nitrogen and oxygen atoms in total. The number of hydrogen-bond donors (Lipinski definition) is 0. The fourth-order valence-electron chi connectivity index (χ4n) is 1.16. The van der Waals surface area contributed by atoms with Crippen LogP contribution in [0.15, 0.2) is 22.7 Å². The summed E-state index contributed by atoms with van der Waals surface area (Å²) < 4.78 is 5.06. The molecule has 5 heteroatoms. The highest BCUT2D eigenvalue weighted by atomic mass is 35.5. The minimum Gasteiger partial charge on any atom is -0.332 e. The number of aromatic nitrogens is 3. The Hall–Kier alpha value is -1.42. The summed E-state index contributed by atoms with van der Waals surface area (Å²) in [4.78, 5) is 8.43. The number of nitrogens with zero attached hydrogens (tertiary/aromatic N) is 3.